The van der Waals surface area contributed by atoms with Crippen LogP contribution in [0.5, 0.6) is 0 Å². The van der Waals surface area contributed by atoms with Crippen molar-refractivity contribution in [2.75, 3.05) is 13.2 Å². The fourth-order valence-electron chi connectivity index (χ4n) is 7.59. The summed E-state index contributed by atoms with van der Waals surface area (Å²) in [5, 5.41) is 0. The van der Waals surface area contributed by atoms with Gasteiger partial charge in [-0.25, -0.2) is 0 Å². The Kier molecular flexibility index (Phi) is 48.3. The summed E-state index contributed by atoms with van der Waals surface area (Å²) in [6.45, 7) is 6.57. The quantitative estimate of drug-likeness (QED) is 0.0262. The molecule has 0 aromatic carbocycles. The predicted octanol–water partition coefficient (Wildman–Crippen LogP) is 17.3. The second kappa shape index (κ2) is 50.3. The highest BCUT2D eigenvalue weighted by Gasteiger charge is 2.19. The van der Waals surface area contributed by atoms with Crippen LogP contribution in [0.2, 0.25) is 0 Å². The summed E-state index contributed by atoms with van der Waals surface area (Å²) in [7, 11) is 0. The van der Waals surface area contributed by atoms with Crippen LogP contribution in [0.25, 0.3) is 0 Å². The summed E-state index contributed by atoms with van der Waals surface area (Å²) in [5.41, 5.74) is 0. The van der Waals surface area contributed by atoms with Gasteiger partial charge in [-0.3, -0.25) is 14.4 Å². The van der Waals surface area contributed by atoms with E-state index < -0.39 is 12.1 Å². The molecule has 0 bridgehead atoms. The molecule has 1 atom stereocenters. The van der Waals surface area contributed by atoms with E-state index in [1.807, 2.05) is 12.2 Å². The van der Waals surface area contributed by atoms with E-state index in [4.69, 9.17) is 14.2 Å². The first-order valence-corrected chi connectivity index (χ1v) is 26.5. The molecule has 6 heteroatoms. The molecule has 0 saturated carbocycles. The average molecular weight is 857 g/mol. The molecule has 0 saturated heterocycles. The smallest absolute Gasteiger partial charge is 0.310 e. The molecule has 1 unspecified atom stereocenters. The second-order valence-electron chi connectivity index (χ2n) is 17.8. The maximum Gasteiger partial charge on any atom is 0.310 e. The maximum atomic E-state index is 12.7. The molecule has 0 N–H and O–H groups in total. The van der Waals surface area contributed by atoms with Gasteiger partial charge in [0.25, 0.3) is 0 Å². The third-order valence-electron chi connectivity index (χ3n) is 11.6. The monoisotopic (exact) mass is 857 g/mol. The minimum atomic E-state index is -0.803. The van der Waals surface area contributed by atoms with Crippen molar-refractivity contribution in [1.29, 1.82) is 0 Å². The van der Waals surface area contributed by atoms with E-state index in [1.165, 1.54) is 180 Å². The standard InChI is InChI=1S/C55H100O6/c1-4-7-10-13-16-19-21-23-25-26-27-28-30-32-34-37-39-42-45-48-54(57)60-51-52(61-55(58)49-46-43-40-35-18-15-12-9-6-3)50-59-53(56)47-44-41-38-36-33-31-29-24-22-20-17-14-11-8-5-2/h23-25,29,43,46,52H,4-22,26-28,30-42,44-45,47-51H2,1-3H3/b25-23-,29-24-,46-43-. The van der Waals surface area contributed by atoms with Crippen LogP contribution in [0.3, 0.4) is 0 Å². The first-order valence-electron chi connectivity index (χ1n) is 26.5. The van der Waals surface area contributed by atoms with Gasteiger partial charge in [-0.05, 0) is 77.0 Å². The Hall–Kier alpha value is -2.37. The highest BCUT2D eigenvalue weighted by atomic mass is 16.6. The van der Waals surface area contributed by atoms with Gasteiger partial charge >= 0.3 is 17.9 Å². The van der Waals surface area contributed by atoms with Crippen molar-refractivity contribution in [1.82, 2.24) is 0 Å². The van der Waals surface area contributed by atoms with Gasteiger partial charge in [0.2, 0.25) is 0 Å². The van der Waals surface area contributed by atoms with Gasteiger partial charge in [0, 0.05) is 12.8 Å². The molecule has 356 valence electrons. The van der Waals surface area contributed by atoms with Gasteiger partial charge < -0.3 is 14.2 Å². The summed E-state index contributed by atoms with van der Waals surface area (Å²) in [6, 6.07) is 0. The van der Waals surface area contributed by atoms with Gasteiger partial charge in [0.1, 0.15) is 13.2 Å². The molecule has 0 aliphatic rings. The molecule has 0 amide bonds. The Bertz CT molecular complexity index is 1030. The van der Waals surface area contributed by atoms with Gasteiger partial charge in [0.15, 0.2) is 6.10 Å². The first-order chi connectivity index (χ1) is 30.0. The van der Waals surface area contributed by atoms with Gasteiger partial charge in [0.05, 0.1) is 6.42 Å². The first kappa shape index (κ1) is 58.6. The van der Waals surface area contributed by atoms with E-state index in [0.29, 0.717) is 12.8 Å². The Morgan fingerprint density at radius 2 is 0.590 bits per heavy atom. The van der Waals surface area contributed by atoms with Crippen LogP contribution in [0, 0.1) is 0 Å². The molecule has 0 aliphatic carbocycles. The molecule has 0 rings (SSSR count). The molecule has 0 aromatic heterocycles. The van der Waals surface area contributed by atoms with E-state index in [0.717, 1.165) is 57.8 Å². The number of rotatable bonds is 48. The summed E-state index contributed by atoms with van der Waals surface area (Å²) in [5.74, 6) is -0.986. The van der Waals surface area contributed by atoms with E-state index in [-0.39, 0.29) is 31.6 Å². The third kappa shape index (κ3) is 48.5. The number of allylic oxidation sites excluding steroid dienone is 5. The molecule has 0 heterocycles. The molecule has 61 heavy (non-hydrogen) atoms. The zero-order valence-electron chi connectivity index (χ0n) is 40.7. The number of hydrogen-bond donors (Lipinski definition) is 0. The number of hydrogen-bond acceptors (Lipinski definition) is 6. The SMILES string of the molecule is CCCCCCCC/C=C\CCCCCCCCCCCC(=O)OCC(COC(=O)CCCCCCC/C=C\CCCCCCCC)OC(=O)C/C=C\CCCCCCCC. The zero-order chi connectivity index (χ0) is 44.4. The molecule has 0 aliphatic heterocycles. The van der Waals surface area contributed by atoms with Crippen LogP contribution >= 0.6 is 0 Å². The molecular formula is C55H100O6. The molecule has 6 nitrogen and oxygen atoms in total. The van der Waals surface area contributed by atoms with E-state index in [1.54, 1.807) is 0 Å². The number of esters is 3. The van der Waals surface area contributed by atoms with Crippen molar-refractivity contribution in [3.05, 3.63) is 36.5 Å². The summed E-state index contributed by atoms with van der Waals surface area (Å²) in [4.78, 5) is 37.8. The largest absolute Gasteiger partial charge is 0.462 e. The molecular weight excluding hydrogens is 757 g/mol. The Balaban J connectivity index is 4.28. The van der Waals surface area contributed by atoms with Crippen LogP contribution in [0.15, 0.2) is 36.5 Å². The topological polar surface area (TPSA) is 78.9 Å². The summed E-state index contributed by atoms with van der Waals surface area (Å²) in [6.07, 6.45) is 58.7. The van der Waals surface area contributed by atoms with Crippen molar-refractivity contribution in [3.63, 3.8) is 0 Å². The zero-order valence-corrected chi connectivity index (χ0v) is 40.7. The Labute approximate surface area is 378 Å². The maximum absolute atomic E-state index is 12.7. The summed E-state index contributed by atoms with van der Waals surface area (Å²) < 4.78 is 16.7. The lowest BCUT2D eigenvalue weighted by molar-refractivity contribution is -0.166. The minimum Gasteiger partial charge on any atom is -0.462 e. The average Bonchev–Trinajstić information content (AvgIpc) is 3.26. The van der Waals surface area contributed by atoms with Gasteiger partial charge in [-0.1, -0.05) is 218 Å². The van der Waals surface area contributed by atoms with Crippen molar-refractivity contribution < 1.29 is 28.6 Å². The number of carbonyl (C=O) groups excluding carboxylic acids is 3. The Morgan fingerprint density at radius 3 is 0.902 bits per heavy atom. The normalized spacial score (nSPS) is 12.2. The van der Waals surface area contributed by atoms with Crippen molar-refractivity contribution in [3.8, 4) is 0 Å². The van der Waals surface area contributed by atoms with Crippen LogP contribution in [0.1, 0.15) is 278 Å². The second-order valence-corrected chi connectivity index (χ2v) is 17.8. The lowest BCUT2D eigenvalue weighted by Gasteiger charge is -2.18. The molecule has 0 aromatic rings. The van der Waals surface area contributed by atoms with Crippen molar-refractivity contribution >= 4 is 17.9 Å². The fraction of sp³-hybridized carbons (Fsp3) is 0.836. The fourth-order valence-corrected chi connectivity index (χ4v) is 7.59. The summed E-state index contributed by atoms with van der Waals surface area (Å²) >= 11 is 0. The van der Waals surface area contributed by atoms with Crippen LogP contribution in [-0.2, 0) is 28.6 Å². The van der Waals surface area contributed by atoms with Crippen LogP contribution in [-0.4, -0.2) is 37.2 Å². The van der Waals surface area contributed by atoms with Crippen LogP contribution < -0.4 is 0 Å². The Morgan fingerprint density at radius 1 is 0.328 bits per heavy atom. The van der Waals surface area contributed by atoms with Gasteiger partial charge in [-0.15, -0.1) is 0 Å². The third-order valence-corrected chi connectivity index (χ3v) is 11.6. The molecule has 0 spiro atoms. The van der Waals surface area contributed by atoms with Crippen molar-refractivity contribution in [2.24, 2.45) is 0 Å². The number of ether oxygens (including phenoxy) is 3. The minimum absolute atomic E-state index is 0.0956. The van der Waals surface area contributed by atoms with Gasteiger partial charge in [-0.2, -0.15) is 0 Å². The molecule has 0 fully saturated rings. The molecule has 0 radical (unpaired) electrons. The number of carbonyl (C=O) groups is 3. The van der Waals surface area contributed by atoms with E-state index in [9.17, 15) is 14.4 Å². The lowest BCUT2D eigenvalue weighted by Crippen LogP contribution is -2.30. The van der Waals surface area contributed by atoms with E-state index in [2.05, 4.69) is 45.1 Å². The number of unbranched alkanes of at least 4 members (excludes halogenated alkanes) is 32. The highest BCUT2D eigenvalue weighted by Crippen LogP contribution is 2.15. The predicted molar refractivity (Wildman–Crippen MR) is 261 cm³/mol. The highest BCUT2D eigenvalue weighted by molar-refractivity contribution is 5.72. The lowest BCUT2D eigenvalue weighted by atomic mass is 10.1. The van der Waals surface area contributed by atoms with E-state index >= 15 is 0 Å². The van der Waals surface area contributed by atoms with Crippen molar-refractivity contribution in [2.45, 2.75) is 284 Å². The van der Waals surface area contributed by atoms with Crippen LogP contribution in [0.4, 0.5) is 0 Å².